The summed E-state index contributed by atoms with van der Waals surface area (Å²) in [5.74, 6) is 0.236. The Hall–Kier alpha value is -2.02. The van der Waals surface area contributed by atoms with Crippen LogP contribution in [0.4, 0.5) is 0 Å². The van der Waals surface area contributed by atoms with Crippen molar-refractivity contribution < 1.29 is 4.79 Å². The molecule has 138 valence electrons. The van der Waals surface area contributed by atoms with Gasteiger partial charge < -0.3 is 4.90 Å². The number of thiophene rings is 1. The van der Waals surface area contributed by atoms with Crippen molar-refractivity contribution in [2.24, 2.45) is 0 Å². The predicted molar refractivity (Wildman–Crippen MR) is 104 cm³/mol. The number of amides is 1. The smallest absolute Gasteiger partial charge is 0.293 e. The van der Waals surface area contributed by atoms with E-state index in [-0.39, 0.29) is 5.91 Å². The summed E-state index contributed by atoms with van der Waals surface area (Å²) in [6, 6.07) is 0. The van der Waals surface area contributed by atoms with E-state index in [0.29, 0.717) is 5.82 Å². The van der Waals surface area contributed by atoms with Crippen LogP contribution in [0, 0.1) is 0 Å². The molecule has 0 atom stereocenters. The minimum atomic E-state index is -0.0596. The number of aromatic nitrogens is 4. The highest BCUT2D eigenvalue weighted by atomic mass is 32.1. The number of aryl methyl sites for hydroxylation is 2. The highest BCUT2D eigenvalue weighted by Gasteiger charge is 2.24. The molecule has 1 amide bonds. The summed E-state index contributed by atoms with van der Waals surface area (Å²) in [7, 11) is 0. The van der Waals surface area contributed by atoms with Gasteiger partial charge in [-0.15, -0.1) is 16.4 Å². The van der Waals surface area contributed by atoms with Crippen molar-refractivity contribution in [3.63, 3.8) is 0 Å². The molecule has 1 aliphatic rings. The maximum Gasteiger partial charge on any atom is 0.293 e. The van der Waals surface area contributed by atoms with E-state index in [4.69, 9.17) is 0 Å². The molecule has 0 N–H and O–H groups in total. The summed E-state index contributed by atoms with van der Waals surface area (Å²) in [6.45, 7) is 5.83. The van der Waals surface area contributed by atoms with E-state index in [1.807, 2.05) is 4.90 Å². The number of fused-ring (bicyclic) bond motifs is 5. The third-order valence-electron chi connectivity index (χ3n) is 5.08. The van der Waals surface area contributed by atoms with Crippen LogP contribution in [0.5, 0.6) is 0 Å². The Bertz CT molecular complexity index is 936. The summed E-state index contributed by atoms with van der Waals surface area (Å²) in [5, 5.41) is 5.56. The topological polar surface area (TPSA) is 63.4 Å². The van der Waals surface area contributed by atoms with Gasteiger partial charge in [0.2, 0.25) is 5.82 Å². The highest BCUT2D eigenvalue weighted by Crippen LogP contribution is 2.37. The van der Waals surface area contributed by atoms with Crippen molar-refractivity contribution in [2.75, 3.05) is 13.1 Å². The van der Waals surface area contributed by atoms with Crippen LogP contribution in [0.1, 0.15) is 67.0 Å². The summed E-state index contributed by atoms with van der Waals surface area (Å²) in [4.78, 5) is 26.5. The second kappa shape index (κ2) is 7.31. The van der Waals surface area contributed by atoms with Gasteiger partial charge in [0.15, 0.2) is 5.65 Å². The summed E-state index contributed by atoms with van der Waals surface area (Å²) >= 11 is 1.76. The molecule has 3 aromatic rings. The second-order valence-corrected chi connectivity index (χ2v) is 8.07. The Kier molecular flexibility index (Phi) is 4.89. The lowest BCUT2D eigenvalue weighted by molar-refractivity contribution is 0.0739. The Balaban J connectivity index is 1.71. The maximum atomic E-state index is 13.0. The van der Waals surface area contributed by atoms with Crippen LogP contribution in [-0.4, -0.2) is 43.5 Å². The van der Waals surface area contributed by atoms with Crippen LogP contribution in [0.15, 0.2) is 6.33 Å². The molecule has 0 unspecified atom stereocenters. The highest BCUT2D eigenvalue weighted by molar-refractivity contribution is 7.19. The SMILES string of the molecule is CCCCN(CCCC)C(=O)c1nc2c3c4c(sc3ncn2n1)CCC4. The number of nitrogens with zero attached hydrogens (tertiary/aromatic N) is 5. The first-order valence-electron chi connectivity index (χ1n) is 9.67. The monoisotopic (exact) mass is 371 g/mol. The molecule has 1 aliphatic carbocycles. The molecule has 7 heteroatoms. The van der Waals surface area contributed by atoms with Gasteiger partial charge in [0.1, 0.15) is 11.2 Å². The van der Waals surface area contributed by atoms with Gasteiger partial charge in [-0.1, -0.05) is 26.7 Å². The van der Waals surface area contributed by atoms with Gasteiger partial charge in [-0.25, -0.2) is 14.5 Å². The fourth-order valence-electron chi connectivity index (χ4n) is 3.64. The van der Waals surface area contributed by atoms with Crippen molar-refractivity contribution in [3.8, 4) is 0 Å². The normalized spacial score (nSPS) is 13.6. The minimum Gasteiger partial charge on any atom is -0.336 e. The standard InChI is InChI=1S/C19H25N5OS/c1-3-5-10-23(11-6-4-2)19(25)16-21-17-15-13-8-7-9-14(13)26-18(15)20-12-24(17)22-16/h12H,3-11H2,1-2H3. The molecule has 3 aromatic heterocycles. The zero-order valence-electron chi connectivity index (χ0n) is 15.5. The Morgan fingerprint density at radius 2 is 2.00 bits per heavy atom. The van der Waals surface area contributed by atoms with Gasteiger partial charge >= 0.3 is 0 Å². The Morgan fingerprint density at radius 3 is 2.73 bits per heavy atom. The van der Waals surface area contributed by atoms with E-state index >= 15 is 0 Å². The maximum absolute atomic E-state index is 13.0. The first-order valence-corrected chi connectivity index (χ1v) is 10.5. The molecule has 0 radical (unpaired) electrons. The fourth-order valence-corrected chi connectivity index (χ4v) is 4.86. The average Bonchev–Trinajstić information content (AvgIpc) is 3.34. The zero-order valence-corrected chi connectivity index (χ0v) is 16.3. The van der Waals surface area contributed by atoms with Crippen molar-refractivity contribution in [1.82, 2.24) is 24.5 Å². The Morgan fingerprint density at radius 1 is 1.23 bits per heavy atom. The molecular weight excluding hydrogens is 346 g/mol. The molecule has 0 aromatic carbocycles. The average molecular weight is 372 g/mol. The van der Waals surface area contributed by atoms with E-state index in [9.17, 15) is 4.79 Å². The molecule has 0 fully saturated rings. The van der Waals surface area contributed by atoms with Crippen molar-refractivity contribution in [1.29, 1.82) is 0 Å². The minimum absolute atomic E-state index is 0.0596. The van der Waals surface area contributed by atoms with Crippen molar-refractivity contribution in [3.05, 3.63) is 22.6 Å². The van der Waals surface area contributed by atoms with Crippen molar-refractivity contribution >= 4 is 33.1 Å². The number of carbonyl (C=O) groups is 1. The summed E-state index contributed by atoms with van der Waals surface area (Å²) in [5.41, 5.74) is 2.15. The first kappa shape index (κ1) is 17.4. The first-order chi connectivity index (χ1) is 12.7. The molecular formula is C19H25N5OS. The molecule has 4 rings (SSSR count). The summed E-state index contributed by atoms with van der Waals surface area (Å²) < 4.78 is 1.68. The number of rotatable bonds is 7. The fraction of sp³-hybridized carbons (Fsp3) is 0.579. The molecule has 0 saturated carbocycles. The van der Waals surface area contributed by atoms with E-state index in [1.54, 1.807) is 22.2 Å². The molecule has 0 spiro atoms. The largest absolute Gasteiger partial charge is 0.336 e. The van der Waals surface area contributed by atoms with Crippen LogP contribution in [0.25, 0.3) is 15.9 Å². The number of carbonyl (C=O) groups excluding carboxylic acids is 1. The number of hydrogen-bond donors (Lipinski definition) is 0. The Labute approximate surface area is 157 Å². The van der Waals surface area contributed by atoms with E-state index in [1.165, 1.54) is 16.9 Å². The van der Waals surface area contributed by atoms with E-state index < -0.39 is 0 Å². The van der Waals surface area contributed by atoms with Gasteiger partial charge in [0, 0.05) is 18.0 Å². The molecule has 3 heterocycles. The van der Waals surface area contributed by atoms with Gasteiger partial charge in [0.05, 0.1) is 5.39 Å². The lowest BCUT2D eigenvalue weighted by Gasteiger charge is -2.20. The zero-order chi connectivity index (χ0) is 18.1. The van der Waals surface area contributed by atoms with Gasteiger partial charge in [0.25, 0.3) is 5.91 Å². The molecule has 6 nitrogen and oxygen atoms in total. The summed E-state index contributed by atoms with van der Waals surface area (Å²) in [6.07, 6.45) is 9.24. The van der Waals surface area contributed by atoms with Gasteiger partial charge in [-0.05, 0) is 37.7 Å². The van der Waals surface area contributed by atoms with Crippen LogP contribution >= 0.6 is 11.3 Å². The second-order valence-electron chi connectivity index (χ2n) is 6.98. The third kappa shape index (κ3) is 2.98. The number of unbranched alkanes of at least 4 members (excludes halogenated alkanes) is 2. The molecule has 0 saturated heterocycles. The quantitative estimate of drug-likeness (QED) is 0.632. The third-order valence-corrected chi connectivity index (χ3v) is 6.28. The predicted octanol–water partition coefficient (Wildman–Crippen LogP) is 3.87. The molecule has 0 bridgehead atoms. The lowest BCUT2D eigenvalue weighted by atomic mass is 10.2. The van der Waals surface area contributed by atoms with Gasteiger partial charge in [-0.3, -0.25) is 4.79 Å². The van der Waals surface area contributed by atoms with Crippen LogP contribution in [0.2, 0.25) is 0 Å². The van der Waals surface area contributed by atoms with E-state index in [0.717, 1.165) is 67.5 Å². The molecule has 0 aliphatic heterocycles. The van der Waals surface area contributed by atoms with Crippen LogP contribution in [-0.2, 0) is 12.8 Å². The van der Waals surface area contributed by atoms with Crippen LogP contribution < -0.4 is 0 Å². The molecule has 26 heavy (non-hydrogen) atoms. The van der Waals surface area contributed by atoms with E-state index in [2.05, 4.69) is 28.9 Å². The lowest BCUT2D eigenvalue weighted by Crippen LogP contribution is -2.33. The number of hydrogen-bond acceptors (Lipinski definition) is 5. The van der Waals surface area contributed by atoms with Crippen molar-refractivity contribution in [2.45, 2.75) is 58.8 Å². The van der Waals surface area contributed by atoms with Crippen LogP contribution in [0.3, 0.4) is 0 Å². The van der Waals surface area contributed by atoms with Gasteiger partial charge in [-0.2, -0.15) is 0 Å².